The van der Waals surface area contributed by atoms with Gasteiger partial charge in [-0.1, -0.05) is 0 Å². The van der Waals surface area contributed by atoms with Gasteiger partial charge >= 0.3 is 121 Å². The zero-order valence-electron chi connectivity index (χ0n) is 10.1. The predicted molar refractivity (Wildman–Crippen MR) is 68.1 cm³/mol. The molecule has 3 heterocycles. The van der Waals surface area contributed by atoms with Crippen LogP contribution < -0.4 is 10.3 Å². The molecule has 2 unspecified atom stereocenters. The average Bonchev–Trinajstić information content (AvgIpc) is 2.93. The van der Waals surface area contributed by atoms with Gasteiger partial charge in [0.15, 0.2) is 0 Å². The monoisotopic (exact) mass is 346 g/mol. The second-order valence-electron chi connectivity index (χ2n) is 4.44. The van der Waals surface area contributed by atoms with Crippen molar-refractivity contribution in [1.82, 2.24) is 19.5 Å². The second kappa shape index (κ2) is 4.92. The summed E-state index contributed by atoms with van der Waals surface area (Å²) in [5.41, 5.74) is 6.45. The van der Waals surface area contributed by atoms with Crippen LogP contribution in [-0.2, 0) is 4.74 Å². The SMILES string of the molecule is Nc1nc([Se])c2ncn([C@@H]3O[C@H](CO)C(O)C3O)c2n1. The van der Waals surface area contributed by atoms with Gasteiger partial charge in [-0.25, -0.2) is 0 Å². The number of ether oxygens (including phenoxy) is 1. The van der Waals surface area contributed by atoms with E-state index in [9.17, 15) is 10.2 Å². The molecule has 0 bridgehead atoms. The van der Waals surface area contributed by atoms with Gasteiger partial charge in [0.05, 0.1) is 0 Å². The number of imidazole rings is 1. The van der Waals surface area contributed by atoms with Crippen LogP contribution in [0.15, 0.2) is 6.33 Å². The normalized spacial score (nSPS) is 30.1. The average molecular weight is 345 g/mol. The first-order valence-corrected chi connectivity index (χ1v) is 6.68. The molecule has 1 fully saturated rings. The van der Waals surface area contributed by atoms with Gasteiger partial charge in [-0.3, -0.25) is 0 Å². The van der Waals surface area contributed by atoms with E-state index in [0.29, 0.717) is 15.8 Å². The summed E-state index contributed by atoms with van der Waals surface area (Å²) >= 11 is 2.73. The molecule has 4 atom stereocenters. The van der Waals surface area contributed by atoms with Crippen molar-refractivity contribution in [1.29, 1.82) is 0 Å². The first-order valence-electron chi connectivity index (χ1n) is 5.82. The topological polar surface area (TPSA) is 140 Å². The molecular formula is C10H12N5O4Se. The first kappa shape index (κ1) is 13.7. The van der Waals surface area contributed by atoms with Gasteiger partial charge in [-0.2, -0.15) is 0 Å². The number of hydrogen-bond acceptors (Lipinski definition) is 8. The zero-order valence-corrected chi connectivity index (χ0v) is 11.8. The standard InChI is InChI=1S/C10H12N5O4Se/c11-10-13-7-4(8(20)14-10)12-2-15(7)9-6(18)5(17)3(1-16)19-9/h2-3,5-6,9,16-18H,1H2,(H2,11,13,14)/t3-,5?,6?,9-/m1/s1. The number of fused-ring (bicyclic) bond motifs is 1. The van der Waals surface area contributed by atoms with Gasteiger partial charge < -0.3 is 0 Å². The van der Waals surface area contributed by atoms with E-state index in [2.05, 4.69) is 31.0 Å². The summed E-state index contributed by atoms with van der Waals surface area (Å²) < 4.78 is 7.37. The van der Waals surface area contributed by atoms with Gasteiger partial charge in [0.2, 0.25) is 0 Å². The van der Waals surface area contributed by atoms with Crippen molar-refractivity contribution < 1.29 is 20.1 Å². The number of rotatable bonds is 2. The third-order valence-corrected chi connectivity index (χ3v) is 3.80. The Hall–Kier alpha value is -1.29. The maximum absolute atomic E-state index is 10.0. The molecule has 10 heteroatoms. The molecule has 9 nitrogen and oxygen atoms in total. The van der Waals surface area contributed by atoms with E-state index in [1.807, 2.05) is 0 Å². The Morgan fingerprint density at radius 1 is 1.35 bits per heavy atom. The summed E-state index contributed by atoms with van der Waals surface area (Å²) in [4.78, 5) is 12.1. The Balaban J connectivity index is 2.07. The number of hydrogen-bond donors (Lipinski definition) is 4. The molecule has 20 heavy (non-hydrogen) atoms. The summed E-state index contributed by atoms with van der Waals surface area (Å²) in [6, 6.07) is 0. The molecule has 3 rings (SSSR count). The van der Waals surface area contributed by atoms with Crippen molar-refractivity contribution in [3.63, 3.8) is 0 Å². The van der Waals surface area contributed by atoms with E-state index in [1.54, 1.807) is 0 Å². The minimum atomic E-state index is -1.20. The fraction of sp³-hybridized carbons (Fsp3) is 0.500. The zero-order chi connectivity index (χ0) is 14.4. The molecule has 1 saturated heterocycles. The molecule has 0 amide bonds. The summed E-state index contributed by atoms with van der Waals surface area (Å²) in [5.74, 6) is 0.0553. The fourth-order valence-electron chi connectivity index (χ4n) is 2.20. The molecule has 107 valence electrons. The van der Waals surface area contributed by atoms with E-state index in [-0.39, 0.29) is 5.95 Å². The molecule has 1 aliphatic heterocycles. The maximum atomic E-state index is 10.0. The second-order valence-corrected chi connectivity index (χ2v) is 5.25. The van der Waals surface area contributed by atoms with Crippen LogP contribution in [0.5, 0.6) is 0 Å². The molecule has 5 N–H and O–H groups in total. The number of anilines is 1. The number of aliphatic hydroxyl groups is 3. The molecular weight excluding hydrogens is 333 g/mol. The van der Waals surface area contributed by atoms with Crippen LogP contribution in [0.4, 0.5) is 5.95 Å². The van der Waals surface area contributed by atoms with E-state index in [4.69, 9.17) is 15.6 Å². The van der Waals surface area contributed by atoms with E-state index >= 15 is 0 Å². The van der Waals surface area contributed by atoms with Crippen molar-refractivity contribution in [3.8, 4) is 0 Å². The summed E-state index contributed by atoms with van der Waals surface area (Å²) in [5, 5.41) is 28.9. The van der Waals surface area contributed by atoms with E-state index in [0.717, 1.165) is 0 Å². The summed E-state index contributed by atoms with van der Waals surface area (Å²) in [6.07, 6.45) is -2.74. The number of nitrogens with two attached hydrogens (primary N) is 1. The van der Waals surface area contributed by atoms with Gasteiger partial charge in [-0.05, 0) is 0 Å². The number of nitrogen functional groups attached to an aromatic ring is 1. The van der Waals surface area contributed by atoms with Crippen LogP contribution >= 0.6 is 0 Å². The number of aliphatic hydroxyl groups excluding tert-OH is 3. The van der Waals surface area contributed by atoms with Crippen molar-refractivity contribution in [2.75, 3.05) is 12.3 Å². The number of nitrogens with zero attached hydrogens (tertiary/aromatic N) is 4. The fourth-order valence-corrected chi connectivity index (χ4v) is 2.70. The van der Waals surface area contributed by atoms with Crippen molar-refractivity contribution in [2.24, 2.45) is 0 Å². The molecule has 1 radical (unpaired) electrons. The van der Waals surface area contributed by atoms with Gasteiger partial charge in [0, 0.05) is 0 Å². The van der Waals surface area contributed by atoms with Crippen LogP contribution in [0.25, 0.3) is 11.2 Å². The van der Waals surface area contributed by atoms with Crippen LogP contribution in [0.3, 0.4) is 0 Å². The first-order chi connectivity index (χ1) is 9.52. The molecule has 1 aliphatic rings. The Bertz CT molecular complexity index is 650. The molecule has 2 aromatic rings. The summed E-state index contributed by atoms with van der Waals surface area (Å²) in [6.45, 7) is -0.398. The predicted octanol–water partition coefficient (Wildman–Crippen LogP) is -3.19. The molecule has 0 saturated carbocycles. The van der Waals surface area contributed by atoms with Crippen molar-refractivity contribution >= 4 is 37.7 Å². The van der Waals surface area contributed by atoms with Crippen molar-refractivity contribution in [2.45, 2.75) is 24.5 Å². The summed E-state index contributed by atoms with van der Waals surface area (Å²) in [7, 11) is 0. The minimum absolute atomic E-state index is 0.0553. The Morgan fingerprint density at radius 2 is 2.10 bits per heavy atom. The molecule has 0 aromatic carbocycles. The van der Waals surface area contributed by atoms with Crippen LogP contribution in [0.2, 0.25) is 0 Å². The quantitative estimate of drug-likeness (QED) is 0.418. The van der Waals surface area contributed by atoms with Gasteiger partial charge in [0.25, 0.3) is 0 Å². The van der Waals surface area contributed by atoms with Gasteiger partial charge in [-0.15, -0.1) is 0 Å². The molecule has 0 spiro atoms. The number of aromatic nitrogens is 4. The van der Waals surface area contributed by atoms with Crippen LogP contribution in [0, 0.1) is 0 Å². The Labute approximate surface area is 121 Å². The van der Waals surface area contributed by atoms with Gasteiger partial charge in [0.1, 0.15) is 0 Å². The van der Waals surface area contributed by atoms with Crippen LogP contribution in [0.1, 0.15) is 6.23 Å². The Kier molecular flexibility index (Phi) is 3.36. The molecule has 0 aliphatic carbocycles. The third-order valence-electron chi connectivity index (χ3n) is 3.20. The van der Waals surface area contributed by atoms with Crippen LogP contribution in [-0.4, -0.2) is 75.8 Å². The van der Waals surface area contributed by atoms with E-state index < -0.39 is 31.1 Å². The Morgan fingerprint density at radius 3 is 2.75 bits per heavy atom. The third kappa shape index (κ3) is 1.97. The molecule has 2 aromatic heterocycles. The van der Waals surface area contributed by atoms with E-state index in [1.165, 1.54) is 10.9 Å². The van der Waals surface area contributed by atoms with Crippen molar-refractivity contribution in [3.05, 3.63) is 6.33 Å².